The normalized spacial score (nSPS) is 17.1. The van der Waals surface area contributed by atoms with Gasteiger partial charge in [-0.15, -0.1) is 12.4 Å². The first-order chi connectivity index (χ1) is 15.2. The SMILES string of the molecule is COc1cc(C(=O)N2CCN(CCN3CCCC3)CC2)ccc1OCc1ccccc1.Cl. The van der Waals surface area contributed by atoms with Gasteiger partial charge in [0.05, 0.1) is 7.11 Å². The maximum Gasteiger partial charge on any atom is 0.254 e. The lowest BCUT2D eigenvalue weighted by Gasteiger charge is -2.35. The van der Waals surface area contributed by atoms with Gasteiger partial charge >= 0.3 is 0 Å². The van der Waals surface area contributed by atoms with E-state index in [-0.39, 0.29) is 18.3 Å². The molecule has 0 aliphatic carbocycles. The summed E-state index contributed by atoms with van der Waals surface area (Å²) in [4.78, 5) is 20.0. The van der Waals surface area contributed by atoms with E-state index in [4.69, 9.17) is 9.47 Å². The van der Waals surface area contributed by atoms with Crippen LogP contribution in [0.3, 0.4) is 0 Å². The average molecular weight is 460 g/mol. The first-order valence-corrected chi connectivity index (χ1v) is 11.3. The number of rotatable bonds is 8. The minimum atomic E-state index is 0. The summed E-state index contributed by atoms with van der Waals surface area (Å²) in [5.74, 6) is 1.30. The number of halogens is 1. The molecule has 2 saturated heterocycles. The van der Waals surface area contributed by atoms with E-state index < -0.39 is 0 Å². The molecule has 2 aliphatic heterocycles. The number of amides is 1. The molecule has 174 valence electrons. The van der Waals surface area contributed by atoms with Crippen LogP contribution >= 0.6 is 12.4 Å². The van der Waals surface area contributed by atoms with Crippen LogP contribution in [0.15, 0.2) is 48.5 Å². The summed E-state index contributed by atoms with van der Waals surface area (Å²) < 4.78 is 11.4. The van der Waals surface area contributed by atoms with Crippen LogP contribution in [0.5, 0.6) is 11.5 Å². The molecular weight excluding hydrogens is 426 g/mol. The largest absolute Gasteiger partial charge is 0.493 e. The van der Waals surface area contributed by atoms with Gasteiger partial charge in [0.25, 0.3) is 5.91 Å². The number of carbonyl (C=O) groups is 1. The summed E-state index contributed by atoms with van der Waals surface area (Å²) in [6.07, 6.45) is 2.67. The maximum atomic E-state index is 13.0. The van der Waals surface area contributed by atoms with E-state index >= 15 is 0 Å². The number of piperazine rings is 1. The van der Waals surface area contributed by atoms with E-state index in [9.17, 15) is 4.79 Å². The Kier molecular flexibility index (Phi) is 9.21. The Labute approximate surface area is 197 Å². The molecular formula is C25H34ClN3O3. The highest BCUT2D eigenvalue weighted by Crippen LogP contribution is 2.29. The van der Waals surface area contributed by atoms with Gasteiger partial charge in [-0.05, 0) is 49.7 Å². The fourth-order valence-corrected chi connectivity index (χ4v) is 4.30. The predicted molar refractivity (Wildman–Crippen MR) is 129 cm³/mol. The lowest BCUT2D eigenvalue weighted by atomic mass is 10.1. The number of hydrogen-bond acceptors (Lipinski definition) is 5. The topological polar surface area (TPSA) is 45.2 Å². The molecule has 2 heterocycles. The standard InChI is InChI=1S/C25H33N3O3.ClH/c1-30-24-19-22(9-10-23(24)31-20-21-7-3-2-4-8-21)25(29)28-17-15-27(16-18-28)14-13-26-11-5-6-12-26;/h2-4,7-10,19H,5-6,11-18,20H2,1H3;1H. The van der Waals surface area contributed by atoms with Gasteiger partial charge in [-0.25, -0.2) is 0 Å². The molecule has 2 fully saturated rings. The second-order valence-electron chi connectivity index (χ2n) is 8.32. The highest BCUT2D eigenvalue weighted by atomic mass is 35.5. The highest BCUT2D eigenvalue weighted by Gasteiger charge is 2.23. The number of nitrogens with zero attached hydrogens (tertiary/aromatic N) is 3. The molecule has 4 rings (SSSR count). The second-order valence-corrected chi connectivity index (χ2v) is 8.32. The monoisotopic (exact) mass is 459 g/mol. The first-order valence-electron chi connectivity index (χ1n) is 11.3. The van der Waals surface area contributed by atoms with Gasteiger partial charge in [0.2, 0.25) is 0 Å². The molecule has 0 spiro atoms. The lowest BCUT2D eigenvalue weighted by molar-refractivity contribution is 0.0626. The lowest BCUT2D eigenvalue weighted by Crippen LogP contribution is -2.50. The van der Waals surface area contributed by atoms with Crippen molar-refractivity contribution in [1.82, 2.24) is 14.7 Å². The summed E-state index contributed by atoms with van der Waals surface area (Å²) in [6.45, 7) is 8.62. The number of ether oxygens (including phenoxy) is 2. The van der Waals surface area contributed by atoms with Crippen molar-refractivity contribution >= 4 is 18.3 Å². The minimum absolute atomic E-state index is 0. The van der Waals surface area contributed by atoms with Crippen LogP contribution in [-0.4, -0.2) is 80.1 Å². The molecule has 7 heteroatoms. The second kappa shape index (κ2) is 12.1. The Morgan fingerprint density at radius 3 is 2.16 bits per heavy atom. The minimum Gasteiger partial charge on any atom is -0.493 e. The van der Waals surface area contributed by atoms with Crippen molar-refractivity contribution in [3.63, 3.8) is 0 Å². The fourth-order valence-electron chi connectivity index (χ4n) is 4.30. The maximum absolute atomic E-state index is 13.0. The average Bonchev–Trinajstić information content (AvgIpc) is 3.35. The van der Waals surface area contributed by atoms with Gasteiger partial charge in [-0.3, -0.25) is 9.69 Å². The van der Waals surface area contributed by atoms with Gasteiger partial charge in [0, 0.05) is 44.8 Å². The molecule has 2 aromatic carbocycles. The van der Waals surface area contributed by atoms with Crippen LogP contribution < -0.4 is 9.47 Å². The van der Waals surface area contributed by atoms with Crippen LogP contribution in [-0.2, 0) is 6.61 Å². The Morgan fingerprint density at radius 1 is 0.844 bits per heavy atom. The third-order valence-electron chi connectivity index (χ3n) is 6.24. The van der Waals surface area contributed by atoms with Gasteiger partial charge in [-0.1, -0.05) is 30.3 Å². The quantitative estimate of drug-likeness (QED) is 0.604. The summed E-state index contributed by atoms with van der Waals surface area (Å²) >= 11 is 0. The van der Waals surface area contributed by atoms with Gasteiger partial charge in [-0.2, -0.15) is 0 Å². The molecule has 0 atom stereocenters. The number of methoxy groups -OCH3 is 1. The molecule has 0 saturated carbocycles. The van der Waals surface area contributed by atoms with Gasteiger partial charge in [0.1, 0.15) is 6.61 Å². The molecule has 0 N–H and O–H groups in total. The van der Waals surface area contributed by atoms with Crippen molar-refractivity contribution in [2.24, 2.45) is 0 Å². The van der Waals surface area contributed by atoms with E-state index in [1.54, 1.807) is 13.2 Å². The molecule has 1 amide bonds. The summed E-state index contributed by atoms with van der Waals surface area (Å²) in [5.41, 5.74) is 1.74. The van der Waals surface area contributed by atoms with Crippen molar-refractivity contribution in [3.8, 4) is 11.5 Å². The highest BCUT2D eigenvalue weighted by molar-refractivity contribution is 5.95. The molecule has 2 aliphatic rings. The number of hydrogen-bond donors (Lipinski definition) is 0. The third-order valence-corrected chi connectivity index (χ3v) is 6.24. The predicted octanol–water partition coefficient (Wildman–Crippen LogP) is 3.55. The van der Waals surface area contributed by atoms with Crippen LogP contribution in [0.25, 0.3) is 0 Å². The molecule has 0 unspecified atom stereocenters. The molecule has 2 aromatic rings. The number of likely N-dealkylation sites (tertiary alicyclic amines) is 1. The summed E-state index contributed by atoms with van der Waals surface area (Å²) in [7, 11) is 1.61. The Balaban J connectivity index is 0.00000289. The smallest absolute Gasteiger partial charge is 0.254 e. The molecule has 6 nitrogen and oxygen atoms in total. The van der Waals surface area contributed by atoms with Crippen LogP contribution in [0.1, 0.15) is 28.8 Å². The van der Waals surface area contributed by atoms with Crippen LogP contribution in [0, 0.1) is 0 Å². The first kappa shape index (κ1) is 24.4. The van der Waals surface area contributed by atoms with Crippen LogP contribution in [0.2, 0.25) is 0 Å². The van der Waals surface area contributed by atoms with E-state index in [1.807, 2.05) is 47.4 Å². The van der Waals surface area contributed by atoms with Crippen molar-refractivity contribution in [2.75, 3.05) is 59.5 Å². The van der Waals surface area contributed by atoms with Crippen molar-refractivity contribution in [2.45, 2.75) is 19.4 Å². The fraction of sp³-hybridized carbons (Fsp3) is 0.480. The van der Waals surface area contributed by atoms with Gasteiger partial charge < -0.3 is 19.3 Å². The zero-order valence-corrected chi connectivity index (χ0v) is 19.7. The molecule has 0 radical (unpaired) electrons. The molecule has 0 bridgehead atoms. The Bertz CT molecular complexity index is 851. The van der Waals surface area contributed by atoms with Crippen molar-refractivity contribution in [3.05, 3.63) is 59.7 Å². The van der Waals surface area contributed by atoms with E-state index in [1.165, 1.54) is 25.9 Å². The van der Waals surface area contributed by atoms with E-state index in [0.717, 1.165) is 44.8 Å². The van der Waals surface area contributed by atoms with Crippen molar-refractivity contribution in [1.29, 1.82) is 0 Å². The van der Waals surface area contributed by atoms with E-state index in [0.29, 0.717) is 23.7 Å². The molecule has 32 heavy (non-hydrogen) atoms. The van der Waals surface area contributed by atoms with Crippen LogP contribution in [0.4, 0.5) is 0 Å². The summed E-state index contributed by atoms with van der Waals surface area (Å²) in [5, 5.41) is 0. The zero-order valence-electron chi connectivity index (χ0n) is 18.9. The zero-order chi connectivity index (χ0) is 21.5. The number of carbonyl (C=O) groups excluding carboxylic acids is 1. The summed E-state index contributed by atoms with van der Waals surface area (Å²) in [6, 6.07) is 15.5. The third kappa shape index (κ3) is 6.37. The number of benzene rings is 2. The van der Waals surface area contributed by atoms with Crippen molar-refractivity contribution < 1.29 is 14.3 Å². The Hall–Kier alpha value is -2.28. The Morgan fingerprint density at radius 2 is 1.50 bits per heavy atom. The van der Waals surface area contributed by atoms with E-state index in [2.05, 4.69) is 9.80 Å². The molecule has 0 aromatic heterocycles. The van der Waals surface area contributed by atoms with Gasteiger partial charge in [0.15, 0.2) is 11.5 Å².